The van der Waals surface area contributed by atoms with Crippen LogP contribution in [0.25, 0.3) is 17.3 Å². The average molecular weight is 433 g/mol. The monoisotopic (exact) mass is 433 g/mol. The van der Waals surface area contributed by atoms with Crippen LogP contribution in [0.3, 0.4) is 0 Å². The van der Waals surface area contributed by atoms with Gasteiger partial charge in [0.15, 0.2) is 0 Å². The molecule has 0 saturated heterocycles. The molecule has 164 valence electrons. The summed E-state index contributed by atoms with van der Waals surface area (Å²) >= 11 is 0. The van der Waals surface area contributed by atoms with E-state index in [1.54, 1.807) is 19.4 Å². The first-order valence-corrected chi connectivity index (χ1v) is 10.3. The molecule has 0 saturated carbocycles. The number of amides is 1. The van der Waals surface area contributed by atoms with E-state index in [2.05, 4.69) is 15.3 Å². The van der Waals surface area contributed by atoms with E-state index >= 15 is 0 Å². The number of ether oxygens (including phenoxy) is 2. The Morgan fingerprint density at radius 3 is 2.81 bits per heavy atom. The van der Waals surface area contributed by atoms with Crippen LogP contribution in [-0.4, -0.2) is 35.6 Å². The summed E-state index contributed by atoms with van der Waals surface area (Å²) in [6.45, 7) is 3.98. The zero-order valence-corrected chi connectivity index (χ0v) is 18.2. The molecule has 0 aliphatic carbocycles. The van der Waals surface area contributed by atoms with Gasteiger partial charge in [0, 0.05) is 29.8 Å². The number of carbonyl (C=O) groups excluding carboxylic acids is 1. The van der Waals surface area contributed by atoms with Crippen molar-refractivity contribution in [1.29, 1.82) is 0 Å². The molecule has 0 fully saturated rings. The van der Waals surface area contributed by atoms with E-state index in [1.807, 2.05) is 38.1 Å². The fourth-order valence-corrected chi connectivity index (χ4v) is 3.64. The van der Waals surface area contributed by atoms with Crippen LogP contribution in [0.1, 0.15) is 22.5 Å². The molecule has 0 radical (unpaired) electrons. The molecule has 0 bridgehead atoms. The highest BCUT2D eigenvalue weighted by Gasteiger charge is 2.28. The predicted molar refractivity (Wildman–Crippen MR) is 120 cm³/mol. The van der Waals surface area contributed by atoms with E-state index in [1.165, 1.54) is 18.2 Å². The molecule has 6 nitrogen and oxygen atoms in total. The van der Waals surface area contributed by atoms with Crippen LogP contribution in [0.5, 0.6) is 11.5 Å². The number of halogens is 1. The van der Waals surface area contributed by atoms with Gasteiger partial charge in [-0.15, -0.1) is 0 Å². The van der Waals surface area contributed by atoms with Gasteiger partial charge in [-0.25, -0.2) is 9.37 Å². The van der Waals surface area contributed by atoms with Gasteiger partial charge in [0.2, 0.25) is 5.91 Å². The van der Waals surface area contributed by atoms with Crippen LogP contribution in [0.15, 0.2) is 48.7 Å². The van der Waals surface area contributed by atoms with Crippen molar-refractivity contribution in [2.24, 2.45) is 0 Å². The molecule has 1 aliphatic rings. The van der Waals surface area contributed by atoms with Crippen molar-refractivity contribution in [2.75, 3.05) is 13.7 Å². The zero-order chi connectivity index (χ0) is 22.7. The minimum atomic E-state index is -0.350. The lowest BCUT2D eigenvalue weighted by Gasteiger charge is -2.14. The first kappa shape index (κ1) is 21.5. The first-order valence-electron chi connectivity index (χ1n) is 10.3. The summed E-state index contributed by atoms with van der Waals surface area (Å²) in [6, 6.07) is 10.3. The van der Waals surface area contributed by atoms with Crippen LogP contribution >= 0.6 is 0 Å². The van der Waals surface area contributed by atoms with Crippen molar-refractivity contribution >= 4 is 12.0 Å². The molecule has 3 aromatic rings. The van der Waals surface area contributed by atoms with Crippen molar-refractivity contribution in [3.05, 3.63) is 77.0 Å². The van der Waals surface area contributed by atoms with E-state index < -0.39 is 0 Å². The molecule has 7 heteroatoms. The Bertz CT molecular complexity index is 1180. The highest BCUT2D eigenvalue weighted by atomic mass is 19.1. The van der Waals surface area contributed by atoms with Crippen LogP contribution in [0.2, 0.25) is 0 Å². The van der Waals surface area contributed by atoms with Crippen molar-refractivity contribution in [3.63, 3.8) is 0 Å². The lowest BCUT2D eigenvalue weighted by atomic mass is 10.0. The number of rotatable bonds is 6. The number of hydrogen-bond donors (Lipinski definition) is 1. The van der Waals surface area contributed by atoms with Gasteiger partial charge in [0.25, 0.3) is 0 Å². The lowest BCUT2D eigenvalue weighted by molar-refractivity contribution is -0.116. The van der Waals surface area contributed by atoms with Crippen LogP contribution in [-0.2, 0) is 11.2 Å². The highest BCUT2D eigenvalue weighted by molar-refractivity contribution is 5.91. The Morgan fingerprint density at radius 2 is 2.06 bits per heavy atom. The third-order valence-electron chi connectivity index (χ3n) is 5.24. The SMILES string of the molecule is COc1ccc(/C=C/C(=O)NC[C@H]2Cc3cc(F)cc(-c4nc(C)cnc4C)c3O2)cc1. The fourth-order valence-electron chi connectivity index (χ4n) is 3.64. The van der Waals surface area contributed by atoms with Gasteiger partial charge in [-0.05, 0) is 49.8 Å². The van der Waals surface area contributed by atoms with Crippen molar-refractivity contribution in [2.45, 2.75) is 26.4 Å². The Kier molecular flexibility index (Phi) is 6.16. The van der Waals surface area contributed by atoms with E-state index in [0.29, 0.717) is 35.7 Å². The summed E-state index contributed by atoms with van der Waals surface area (Å²) in [7, 11) is 1.61. The van der Waals surface area contributed by atoms with Gasteiger partial charge in [-0.1, -0.05) is 12.1 Å². The molecule has 1 aromatic heterocycles. The molecule has 0 unspecified atom stereocenters. The molecule has 1 amide bonds. The number of carbonyl (C=O) groups is 1. The number of nitrogens with zero attached hydrogens (tertiary/aromatic N) is 2. The molecular formula is C25H24FN3O3. The molecule has 0 spiro atoms. The van der Waals surface area contributed by atoms with Crippen LogP contribution in [0, 0.1) is 19.7 Å². The maximum atomic E-state index is 14.3. The Hall–Kier alpha value is -3.74. The van der Waals surface area contributed by atoms with Gasteiger partial charge in [0.05, 0.1) is 30.7 Å². The summed E-state index contributed by atoms with van der Waals surface area (Å²) in [4.78, 5) is 21.1. The third kappa shape index (κ3) is 4.77. The number of fused-ring (bicyclic) bond motifs is 1. The topological polar surface area (TPSA) is 73.3 Å². The Balaban J connectivity index is 1.42. The second kappa shape index (κ2) is 9.18. The van der Waals surface area contributed by atoms with E-state index in [0.717, 1.165) is 22.6 Å². The quantitative estimate of drug-likeness (QED) is 0.594. The second-order valence-corrected chi connectivity index (χ2v) is 7.68. The smallest absolute Gasteiger partial charge is 0.244 e. The Morgan fingerprint density at radius 1 is 1.28 bits per heavy atom. The van der Waals surface area contributed by atoms with Gasteiger partial charge in [-0.3, -0.25) is 9.78 Å². The second-order valence-electron chi connectivity index (χ2n) is 7.68. The molecule has 1 N–H and O–H groups in total. The van der Waals surface area contributed by atoms with Gasteiger partial charge >= 0.3 is 0 Å². The average Bonchev–Trinajstić information content (AvgIpc) is 3.20. The van der Waals surface area contributed by atoms with Crippen molar-refractivity contribution < 1.29 is 18.7 Å². The molecule has 1 atom stereocenters. The molecule has 2 aromatic carbocycles. The first-order chi connectivity index (χ1) is 15.4. The number of methoxy groups -OCH3 is 1. The number of nitrogens with one attached hydrogen (secondary N) is 1. The van der Waals surface area contributed by atoms with Crippen molar-refractivity contribution in [3.8, 4) is 22.8 Å². The number of aromatic nitrogens is 2. The minimum absolute atomic E-state index is 0.229. The largest absolute Gasteiger partial charge is 0.497 e. The summed E-state index contributed by atoms with van der Waals surface area (Å²) < 4.78 is 25.5. The van der Waals surface area contributed by atoms with Crippen LogP contribution in [0.4, 0.5) is 4.39 Å². The normalized spacial score (nSPS) is 14.8. The molecule has 1 aliphatic heterocycles. The summed E-state index contributed by atoms with van der Waals surface area (Å²) in [6.07, 6.45) is 5.09. The lowest BCUT2D eigenvalue weighted by Crippen LogP contribution is -2.33. The minimum Gasteiger partial charge on any atom is -0.497 e. The maximum absolute atomic E-state index is 14.3. The van der Waals surface area contributed by atoms with Gasteiger partial charge < -0.3 is 14.8 Å². The third-order valence-corrected chi connectivity index (χ3v) is 5.24. The number of aryl methyl sites for hydroxylation is 2. The van der Waals surface area contributed by atoms with E-state index in [-0.39, 0.29) is 17.8 Å². The molecule has 32 heavy (non-hydrogen) atoms. The van der Waals surface area contributed by atoms with Crippen LogP contribution < -0.4 is 14.8 Å². The molecule has 4 rings (SSSR count). The fraction of sp³-hybridized carbons (Fsp3) is 0.240. The molecule has 2 heterocycles. The summed E-state index contributed by atoms with van der Waals surface area (Å²) in [5.41, 5.74) is 4.28. The maximum Gasteiger partial charge on any atom is 0.244 e. The van der Waals surface area contributed by atoms with Gasteiger partial charge in [0.1, 0.15) is 23.4 Å². The number of hydrogen-bond acceptors (Lipinski definition) is 5. The highest BCUT2D eigenvalue weighted by Crippen LogP contribution is 2.39. The molecular weight excluding hydrogens is 409 g/mol. The predicted octanol–water partition coefficient (Wildman–Crippen LogP) is 4.04. The van der Waals surface area contributed by atoms with E-state index in [9.17, 15) is 9.18 Å². The standard InChI is InChI=1S/C25H24FN3O3/c1-15-13-27-16(2)24(29-15)22-12-19(26)10-18-11-21(32-25(18)22)14-28-23(30)9-6-17-4-7-20(31-3)8-5-17/h4-10,12-13,21H,11,14H2,1-3H3,(H,28,30)/b9-6+/t21-/m1/s1. The Labute approximate surface area is 186 Å². The zero-order valence-electron chi connectivity index (χ0n) is 18.2. The summed E-state index contributed by atoms with van der Waals surface area (Å²) in [5, 5.41) is 2.85. The summed E-state index contributed by atoms with van der Waals surface area (Å²) in [5.74, 6) is 0.777. The van der Waals surface area contributed by atoms with Crippen molar-refractivity contribution in [1.82, 2.24) is 15.3 Å². The van der Waals surface area contributed by atoms with E-state index in [4.69, 9.17) is 9.47 Å². The van der Waals surface area contributed by atoms with Gasteiger partial charge in [-0.2, -0.15) is 0 Å². The number of benzene rings is 2.